The lowest BCUT2D eigenvalue weighted by molar-refractivity contribution is -0.122. The molecule has 8 heteroatoms. The number of pyridine rings is 1. The van der Waals surface area contributed by atoms with Crippen molar-refractivity contribution in [3.05, 3.63) is 75.0 Å². The summed E-state index contributed by atoms with van der Waals surface area (Å²) in [6.07, 6.45) is 3.97. The van der Waals surface area contributed by atoms with Crippen molar-refractivity contribution in [1.82, 2.24) is 14.3 Å². The summed E-state index contributed by atoms with van der Waals surface area (Å²) in [6.45, 7) is 4.51. The predicted molar refractivity (Wildman–Crippen MR) is 123 cm³/mol. The van der Waals surface area contributed by atoms with E-state index < -0.39 is 0 Å². The molecule has 30 heavy (non-hydrogen) atoms. The Bertz CT molecular complexity index is 1230. The second-order valence-corrected chi connectivity index (χ2v) is 8.49. The molecule has 0 saturated carbocycles. The van der Waals surface area contributed by atoms with Crippen molar-refractivity contribution in [1.29, 1.82) is 0 Å². The van der Waals surface area contributed by atoms with Crippen molar-refractivity contribution in [2.45, 2.75) is 20.3 Å². The van der Waals surface area contributed by atoms with Gasteiger partial charge in [0.2, 0.25) is 5.88 Å². The molecule has 3 aromatic rings. The van der Waals surface area contributed by atoms with Crippen LogP contribution in [0.5, 0.6) is 11.6 Å². The topological polar surface area (TPSA) is 63.9 Å². The number of hydrogen-bond acceptors (Lipinski definition) is 6. The highest BCUT2D eigenvalue weighted by Gasteiger charge is 2.32. The fourth-order valence-corrected chi connectivity index (χ4v) is 4.34. The number of aromatic nitrogens is 2. The van der Waals surface area contributed by atoms with Gasteiger partial charge in [0.25, 0.3) is 11.5 Å². The van der Waals surface area contributed by atoms with Gasteiger partial charge >= 0.3 is 0 Å². The van der Waals surface area contributed by atoms with Crippen molar-refractivity contribution in [2.75, 3.05) is 6.54 Å². The Balaban J connectivity index is 1.84. The van der Waals surface area contributed by atoms with Crippen LogP contribution < -0.4 is 10.3 Å². The summed E-state index contributed by atoms with van der Waals surface area (Å²) in [6, 6.07) is 12.7. The zero-order chi connectivity index (χ0) is 21.3. The van der Waals surface area contributed by atoms with Crippen molar-refractivity contribution in [3.8, 4) is 11.6 Å². The van der Waals surface area contributed by atoms with Gasteiger partial charge in [0.05, 0.1) is 4.91 Å². The lowest BCUT2D eigenvalue weighted by Crippen LogP contribution is -2.28. The van der Waals surface area contributed by atoms with Crippen molar-refractivity contribution >= 4 is 45.9 Å². The molecule has 1 aromatic carbocycles. The molecule has 1 fully saturated rings. The summed E-state index contributed by atoms with van der Waals surface area (Å²) in [4.78, 5) is 32.4. The zero-order valence-corrected chi connectivity index (χ0v) is 18.1. The van der Waals surface area contributed by atoms with E-state index in [4.69, 9.17) is 17.0 Å². The molecule has 1 amide bonds. The number of carbonyl (C=O) groups excluding carboxylic acids is 1. The fraction of sp³-hybridized carbons (Fsp3) is 0.182. The quantitative estimate of drug-likeness (QED) is 0.435. The van der Waals surface area contributed by atoms with Gasteiger partial charge < -0.3 is 4.74 Å². The largest absolute Gasteiger partial charge is 0.438 e. The molecule has 0 bridgehead atoms. The minimum absolute atomic E-state index is 0.149. The first-order chi connectivity index (χ1) is 14.5. The van der Waals surface area contributed by atoms with Gasteiger partial charge in [0.15, 0.2) is 0 Å². The molecule has 0 aliphatic carbocycles. The lowest BCUT2D eigenvalue weighted by Gasteiger charge is -2.12. The molecule has 1 aliphatic heterocycles. The Morgan fingerprint density at radius 2 is 1.93 bits per heavy atom. The summed E-state index contributed by atoms with van der Waals surface area (Å²) >= 11 is 6.52. The summed E-state index contributed by atoms with van der Waals surface area (Å²) in [5.41, 5.74) is 1.44. The van der Waals surface area contributed by atoms with Crippen molar-refractivity contribution in [2.24, 2.45) is 0 Å². The number of ether oxygens (including phenoxy) is 1. The van der Waals surface area contributed by atoms with Crippen LogP contribution in [0, 0.1) is 6.92 Å². The first-order valence-electron chi connectivity index (χ1n) is 9.49. The van der Waals surface area contributed by atoms with Gasteiger partial charge in [0, 0.05) is 12.7 Å². The number of nitrogens with zero attached hydrogens (tertiary/aromatic N) is 3. The highest BCUT2D eigenvalue weighted by Crippen LogP contribution is 2.34. The average molecular weight is 438 g/mol. The summed E-state index contributed by atoms with van der Waals surface area (Å²) in [5.74, 6) is 0.502. The van der Waals surface area contributed by atoms with E-state index in [2.05, 4.69) is 4.98 Å². The SMILES string of the molecule is CCCN1C(=O)C(=Cc2c(Oc3ccc(C)cc3)nc3ccccn3c2=O)SC1=S. The van der Waals surface area contributed by atoms with Gasteiger partial charge in [-0.1, -0.05) is 54.7 Å². The summed E-state index contributed by atoms with van der Waals surface area (Å²) in [7, 11) is 0. The lowest BCUT2D eigenvalue weighted by atomic mass is 10.2. The Hall–Kier alpha value is -2.97. The van der Waals surface area contributed by atoms with Crippen LogP contribution in [0.2, 0.25) is 0 Å². The van der Waals surface area contributed by atoms with E-state index in [1.54, 1.807) is 29.3 Å². The molecule has 3 heterocycles. The molecule has 6 nitrogen and oxygen atoms in total. The number of benzene rings is 1. The van der Waals surface area contributed by atoms with Crippen molar-refractivity contribution < 1.29 is 9.53 Å². The standard InChI is InChI=1S/C22H19N3O3S2/c1-3-11-25-21(27)17(30-22(25)29)13-16-19(28-15-9-7-14(2)8-10-15)23-18-6-4-5-12-24(18)20(16)26/h4-10,12-13H,3,11H2,1-2H3. The normalized spacial score (nSPS) is 15.4. The number of aryl methyl sites for hydroxylation is 1. The van der Waals surface area contributed by atoms with Gasteiger partial charge in [-0.15, -0.1) is 0 Å². The highest BCUT2D eigenvalue weighted by molar-refractivity contribution is 8.26. The smallest absolute Gasteiger partial charge is 0.269 e. The van der Waals surface area contributed by atoms with E-state index in [1.165, 1.54) is 22.2 Å². The van der Waals surface area contributed by atoms with Gasteiger partial charge in [-0.05, 0) is 43.7 Å². The first kappa shape index (κ1) is 20.3. The molecule has 1 aliphatic rings. The first-order valence-corrected chi connectivity index (χ1v) is 10.7. The van der Waals surface area contributed by atoms with E-state index in [-0.39, 0.29) is 22.9 Å². The number of carbonyl (C=O) groups is 1. The molecular weight excluding hydrogens is 418 g/mol. The van der Waals surface area contributed by atoms with Crippen LogP contribution >= 0.6 is 24.0 Å². The Labute approximate surface area is 183 Å². The van der Waals surface area contributed by atoms with Crippen LogP contribution in [0.4, 0.5) is 0 Å². The fourth-order valence-electron chi connectivity index (χ4n) is 3.05. The maximum absolute atomic E-state index is 13.2. The predicted octanol–water partition coefficient (Wildman–Crippen LogP) is 4.41. The third-order valence-corrected chi connectivity index (χ3v) is 5.94. The van der Waals surface area contributed by atoms with Crippen LogP contribution in [-0.2, 0) is 4.79 Å². The highest BCUT2D eigenvalue weighted by atomic mass is 32.2. The average Bonchev–Trinajstić information content (AvgIpc) is 3.00. The Kier molecular flexibility index (Phi) is 5.69. The van der Waals surface area contributed by atoms with Gasteiger partial charge in [-0.2, -0.15) is 4.98 Å². The third-order valence-electron chi connectivity index (χ3n) is 4.57. The second kappa shape index (κ2) is 8.41. The summed E-state index contributed by atoms with van der Waals surface area (Å²) < 4.78 is 7.88. The van der Waals surface area contributed by atoms with Crippen LogP contribution in [0.1, 0.15) is 24.5 Å². The van der Waals surface area contributed by atoms with Crippen LogP contribution in [0.25, 0.3) is 11.7 Å². The Morgan fingerprint density at radius 3 is 2.67 bits per heavy atom. The second-order valence-electron chi connectivity index (χ2n) is 6.81. The van der Waals surface area contributed by atoms with E-state index in [0.717, 1.165) is 12.0 Å². The van der Waals surface area contributed by atoms with Crippen LogP contribution in [0.3, 0.4) is 0 Å². The van der Waals surface area contributed by atoms with Crippen LogP contribution in [0.15, 0.2) is 58.4 Å². The van der Waals surface area contributed by atoms with Crippen molar-refractivity contribution in [3.63, 3.8) is 0 Å². The van der Waals surface area contributed by atoms with E-state index in [9.17, 15) is 9.59 Å². The molecular formula is C22H19N3O3S2. The van der Waals surface area contributed by atoms with Gasteiger partial charge in [0.1, 0.15) is 21.3 Å². The molecule has 2 aromatic heterocycles. The molecule has 0 N–H and O–H groups in total. The molecule has 1 saturated heterocycles. The van der Waals surface area contributed by atoms with E-state index in [0.29, 0.717) is 27.2 Å². The maximum atomic E-state index is 13.2. The molecule has 0 atom stereocenters. The summed E-state index contributed by atoms with van der Waals surface area (Å²) in [5, 5.41) is 0. The molecule has 0 radical (unpaired) electrons. The maximum Gasteiger partial charge on any atom is 0.269 e. The van der Waals surface area contributed by atoms with E-state index >= 15 is 0 Å². The minimum atomic E-state index is -0.316. The van der Waals surface area contributed by atoms with Gasteiger partial charge in [-0.3, -0.25) is 18.9 Å². The molecule has 4 rings (SSSR count). The number of rotatable bonds is 5. The number of hydrogen-bond donors (Lipinski definition) is 0. The van der Waals surface area contributed by atoms with E-state index in [1.807, 2.05) is 38.1 Å². The molecule has 0 spiro atoms. The number of thioether (sulfide) groups is 1. The zero-order valence-electron chi connectivity index (χ0n) is 16.5. The Morgan fingerprint density at radius 1 is 1.17 bits per heavy atom. The molecule has 0 unspecified atom stereocenters. The van der Waals surface area contributed by atoms with Gasteiger partial charge in [-0.25, -0.2) is 0 Å². The third kappa shape index (κ3) is 3.88. The van der Waals surface area contributed by atoms with Crippen LogP contribution in [-0.4, -0.2) is 31.1 Å². The number of thiocarbonyl (C=S) groups is 1. The molecule has 152 valence electrons. The monoisotopic (exact) mass is 437 g/mol. The number of amides is 1. The number of fused-ring (bicyclic) bond motifs is 1. The minimum Gasteiger partial charge on any atom is -0.438 e.